The van der Waals surface area contributed by atoms with Crippen molar-refractivity contribution in [2.24, 2.45) is 0 Å². The Morgan fingerprint density at radius 3 is 0.965 bits per heavy atom. The van der Waals surface area contributed by atoms with E-state index in [4.69, 9.17) is 0 Å². The van der Waals surface area contributed by atoms with E-state index < -0.39 is 16.1 Å². The van der Waals surface area contributed by atoms with Crippen molar-refractivity contribution in [2.45, 2.75) is 45.5 Å². The van der Waals surface area contributed by atoms with E-state index in [1.54, 1.807) is 20.7 Å². The Morgan fingerprint density at radius 1 is 0.281 bits per heavy atom. The van der Waals surface area contributed by atoms with Crippen LogP contribution < -0.4 is 20.7 Å². The first-order valence-corrected chi connectivity index (χ1v) is 26.5. The standard InChI is InChI=1S/C55H46Si2/c1-55(2)49-33-41(37-19-15-35(16-20-37)39-25-29-53-47(31-39)45-11-7-9-13-51(45)56(53,3)4)23-27-43(49)44-28-24-42(34-50(44)55)38-21-17-36(18-22-38)40-26-30-54-48(32-40)46-12-8-10-14-52(46)57(54,5)6/h7-34H,1-6H3. The molecule has 0 aromatic heterocycles. The third-order valence-corrected chi connectivity index (χ3v) is 21.1. The van der Waals surface area contributed by atoms with Crippen LogP contribution >= 0.6 is 0 Å². The molecule has 57 heavy (non-hydrogen) atoms. The van der Waals surface area contributed by atoms with Crippen LogP contribution in [0.5, 0.6) is 0 Å². The highest BCUT2D eigenvalue weighted by atomic mass is 28.3. The Balaban J connectivity index is 0.860. The van der Waals surface area contributed by atoms with Crippen LogP contribution in [-0.2, 0) is 5.41 Å². The number of hydrogen-bond donors (Lipinski definition) is 0. The van der Waals surface area contributed by atoms with Gasteiger partial charge in [-0.15, -0.1) is 0 Å². The van der Waals surface area contributed by atoms with Crippen LogP contribution in [0.1, 0.15) is 25.0 Å². The van der Waals surface area contributed by atoms with Crippen LogP contribution in [0.15, 0.2) is 170 Å². The lowest BCUT2D eigenvalue weighted by atomic mass is 9.80. The smallest absolute Gasteiger partial charge is 0.0623 e. The molecule has 0 unspecified atom stereocenters. The molecule has 1 aliphatic carbocycles. The summed E-state index contributed by atoms with van der Waals surface area (Å²) in [6.45, 7) is 14.7. The van der Waals surface area contributed by atoms with Crippen molar-refractivity contribution >= 4 is 36.9 Å². The molecule has 8 aromatic rings. The quantitative estimate of drug-likeness (QED) is 0.157. The van der Waals surface area contributed by atoms with Gasteiger partial charge in [0, 0.05) is 5.41 Å². The summed E-state index contributed by atoms with van der Waals surface area (Å²) in [6.07, 6.45) is 0. The van der Waals surface area contributed by atoms with Crippen molar-refractivity contribution in [3.8, 4) is 77.9 Å². The van der Waals surface area contributed by atoms with Crippen molar-refractivity contribution in [1.29, 1.82) is 0 Å². The molecule has 0 amide bonds. The van der Waals surface area contributed by atoms with Crippen molar-refractivity contribution in [2.75, 3.05) is 0 Å². The van der Waals surface area contributed by atoms with E-state index in [-0.39, 0.29) is 5.41 Å². The molecule has 8 aromatic carbocycles. The summed E-state index contributed by atoms with van der Waals surface area (Å²) < 4.78 is 0. The van der Waals surface area contributed by atoms with Crippen LogP contribution in [0.4, 0.5) is 0 Å². The van der Waals surface area contributed by atoms with Gasteiger partial charge >= 0.3 is 0 Å². The summed E-state index contributed by atoms with van der Waals surface area (Å²) >= 11 is 0. The average molecular weight is 763 g/mol. The topological polar surface area (TPSA) is 0 Å². The van der Waals surface area contributed by atoms with Gasteiger partial charge in [0.05, 0.1) is 0 Å². The largest absolute Gasteiger partial charge is 0.113 e. The van der Waals surface area contributed by atoms with Gasteiger partial charge in [0.2, 0.25) is 0 Å². The minimum absolute atomic E-state index is 0.105. The maximum absolute atomic E-state index is 2.48. The molecule has 11 rings (SSSR count). The van der Waals surface area contributed by atoms with Crippen LogP contribution in [0, 0.1) is 0 Å². The second-order valence-electron chi connectivity index (χ2n) is 18.2. The lowest BCUT2D eigenvalue weighted by Crippen LogP contribution is -2.49. The molecule has 0 spiro atoms. The number of fused-ring (bicyclic) bond motifs is 9. The molecular weight excluding hydrogens is 717 g/mol. The van der Waals surface area contributed by atoms with Crippen LogP contribution in [0.2, 0.25) is 26.2 Å². The Hall–Kier alpha value is -5.81. The molecular formula is C55H46Si2. The van der Waals surface area contributed by atoms with Gasteiger partial charge in [-0.3, -0.25) is 0 Å². The molecule has 0 fully saturated rings. The molecule has 274 valence electrons. The molecule has 0 saturated carbocycles. The third kappa shape index (κ3) is 5.03. The highest BCUT2D eigenvalue weighted by molar-refractivity contribution is 7.04. The fraction of sp³-hybridized carbons (Fsp3) is 0.127. The average Bonchev–Trinajstić information content (AvgIpc) is 3.72. The molecule has 0 saturated heterocycles. The van der Waals surface area contributed by atoms with Crippen molar-refractivity contribution in [3.63, 3.8) is 0 Å². The fourth-order valence-corrected chi connectivity index (χ4v) is 16.8. The summed E-state index contributed by atoms with van der Waals surface area (Å²) in [4.78, 5) is 0. The van der Waals surface area contributed by atoms with Gasteiger partial charge in [-0.2, -0.15) is 0 Å². The summed E-state index contributed by atoms with van der Waals surface area (Å²) in [5, 5.41) is 6.22. The van der Waals surface area contributed by atoms with E-state index in [9.17, 15) is 0 Å². The Labute approximate surface area is 339 Å². The molecule has 0 radical (unpaired) electrons. The fourth-order valence-electron chi connectivity index (χ4n) is 10.6. The first kappa shape index (κ1) is 34.4. The highest BCUT2D eigenvalue weighted by Crippen LogP contribution is 2.51. The molecule has 0 bridgehead atoms. The molecule has 0 atom stereocenters. The monoisotopic (exact) mass is 762 g/mol. The van der Waals surface area contributed by atoms with Crippen LogP contribution in [0.3, 0.4) is 0 Å². The first-order chi connectivity index (χ1) is 27.5. The number of rotatable bonds is 4. The lowest BCUT2D eigenvalue weighted by Gasteiger charge is -2.22. The first-order valence-electron chi connectivity index (χ1n) is 20.5. The van der Waals surface area contributed by atoms with E-state index in [0.29, 0.717) is 0 Å². The number of hydrogen-bond acceptors (Lipinski definition) is 0. The second-order valence-corrected chi connectivity index (χ2v) is 26.8. The Morgan fingerprint density at radius 2 is 0.579 bits per heavy atom. The van der Waals surface area contributed by atoms with E-state index in [0.717, 1.165) is 0 Å². The number of benzene rings is 8. The highest BCUT2D eigenvalue weighted by Gasteiger charge is 2.39. The third-order valence-electron chi connectivity index (χ3n) is 13.9. The molecule has 3 aliphatic rings. The molecule has 0 nitrogen and oxygen atoms in total. The van der Waals surface area contributed by atoms with Gasteiger partial charge in [-0.1, -0.05) is 186 Å². The van der Waals surface area contributed by atoms with E-state index in [2.05, 4.69) is 210 Å². The van der Waals surface area contributed by atoms with Gasteiger partial charge in [0.1, 0.15) is 16.1 Å². The van der Waals surface area contributed by atoms with Gasteiger partial charge in [0.25, 0.3) is 0 Å². The molecule has 2 heteroatoms. The SMILES string of the molecule is CC1(C)c2cc(-c3ccc(-c4ccc5c(c4)-c4ccccc4[Si]5(C)C)cc3)ccc2-c2ccc(-c3ccc(-c4ccc5c(c4)-c4ccccc4[Si]5(C)C)cc3)cc21. The van der Waals surface area contributed by atoms with Gasteiger partial charge < -0.3 is 0 Å². The molecule has 0 N–H and O–H groups in total. The predicted octanol–water partition coefficient (Wildman–Crippen LogP) is 12.3. The van der Waals surface area contributed by atoms with Gasteiger partial charge in [-0.05, 0) is 134 Å². The van der Waals surface area contributed by atoms with Gasteiger partial charge in [-0.25, -0.2) is 0 Å². The normalized spacial score (nSPS) is 15.6. The minimum atomic E-state index is -1.65. The zero-order chi connectivity index (χ0) is 38.8. The maximum atomic E-state index is 2.48. The maximum Gasteiger partial charge on any atom is 0.113 e. The van der Waals surface area contributed by atoms with Crippen molar-refractivity contribution in [3.05, 3.63) is 181 Å². The van der Waals surface area contributed by atoms with Crippen LogP contribution in [-0.4, -0.2) is 16.1 Å². The van der Waals surface area contributed by atoms with Gasteiger partial charge in [0.15, 0.2) is 0 Å². The molecule has 2 heterocycles. The predicted molar refractivity (Wildman–Crippen MR) is 250 cm³/mol. The summed E-state index contributed by atoms with van der Waals surface area (Å²) in [5.74, 6) is 0. The summed E-state index contributed by atoms with van der Waals surface area (Å²) in [6, 6.07) is 65.0. The summed E-state index contributed by atoms with van der Waals surface area (Å²) in [7, 11) is -3.30. The second kappa shape index (κ2) is 12.1. The Kier molecular flexibility index (Phi) is 7.31. The van der Waals surface area contributed by atoms with Crippen molar-refractivity contribution in [1.82, 2.24) is 0 Å². The van der Waals surface area contributed by atoms with E-state index >= 15 is 0 Å². The van der Waals surface area contributed by atoms with Crippen molar-refractivity contribution < 1.29 is 0 Å². The lowest BCUT2D eigenvalue weighted by molar-refractivity contribution is 0.661. The van der Waals surface area contributed by atoms with Crippen LogP contribution in [0.25, 0.3) is 77.9 Å². The Bertz CT molecular complexity index is 2760. The van der Waals surface area contributed by atoms with E-state index in [1.165, 1.54) is 89.0 Å². The zero-order valence-corrected chi connectivity index (χ0v) is 35.7. The van der Waals surface area contributed by atoms with E-state index in [1.807, 2.05) is 0 Å². The molecule has 2 aliphatic heterocycles. The zero-order valence-electron chi connectivity index (χ0n) is 33.7. The summed E-state index contributed by atoms with van der Waals surface area (Å²) in [5.41, 5.74) is 21.3. The minimum Gasteiger partial charge on any atom is -0.0623 e.